The standard InChI is InChI=1S/C10H7BrF5NO3/c11-2-5-4(1-7(18)19)8(9(12)13)6(3-17-5)20-10(14,15)16/h3,9H,1-2H2,(H,18,19). The fourth-order valence-electron chi connectivity index (χ4n) is 1.50. The van der Waals surface area contributed by atoms with Gasteiger partial charge < -0.3 is 9.84 Å². The largest absolute Gasteiger partial charge is 0.573 e. The summed E-state index contributed by atoms with van der Waals surface area (Å²) in [4.78, 5) is 14.2. The molecule has 0 aromatic carbocycles. The summed E-state index contributed by atoms with van der Waals surface area (Å²) in [6, 6.07) is 0. The Morgan fingerprint density at radius 2 is 2.05 bits per heavy atom. The first-order valence-electron chi connectivity index (χ1n) is 4.98. The molecule has 0 spiro atoms. The summed E-state index contributed by atoms with van der Waals surface area (Å²) in [6.45, 7) is 0. The van der Waals surface area contributed by atoms with Gasteiger partial charge in [-0.3, -0.25) is 9.78 Å². The van der Waals surface area contributed by atoms with Crippen LogP contribution >= 0.6 is 15.9 Å². The lowest BCUT2D eigenvalue weighted by molar-refractivity contribution is -0.275. The zero-order valence-electron chi connectivity index (χ0n) is 9.55. The van der Waals surface area contributed by atoms with Gasteiger partial charge in [-0.05, 0) is 5.56 Å². The number of pyridine rings is 1. The number of carboxylic acid groups (broad SMARTS) is 1. The summed E-state index contributed by atoms with van der Waals surface area (Å²) in [5, 5.41) is 8.58. The molecule has 0 radical (unpaired) electrons. The van der Waals surface area contributed by atoms with Crippen LogP contribution in [0.25, 0.3) is 0 Å². The highest BCUT2D eigenvalue weighted by Gasteiger charge is 2.35. The van der Waals surface area contributed by atoms with Crippen LogP contribution in [0, 0.1) is 0 Å². The second-order valence-electron chi connectivity index (χ2n) is 3.51. The minimum atomic E-state index is -5.18. The normalized spacial score (nSPS) is 11.8. The molecular formula is C10H7BrF5NO3. The Morgan fingerprint density at radius 1 is 1.45 bits per heavy atom. The van der Waals surface area contributed by atoms with Crippen LogP contribution in [-0.2, 0) is 16.5 Å². The highest BCUT2D eigenvalue weighted by molar-refractivity contribution is 9.08. The molecule has 20 heavy (non-hydrogen) atoms. The topological polar surface area (TPSA) is 59.4 Å². The molecule has 0 amide bonds. The fourth-order valence-corrected chi connectivity index (χ4v) is 1.98. The van der Waals surface area contributed by atoms with E-state index in [1.807, 2.05) is 0 Å². The predicted molar refractivity (Wildman–Crippen MR) is 59.8 cm³/mol. The van der Waals surface area contributed by atoms with E-state index >= 15 is 0 Å². The Kier molecular flexibility index (Phi) is 5.26. The Bertz CT molecular complexity index is 506. The molecule has 1 aromatic heterocycles. The van der Waals surface area contributed by atoms with Gasteiger partial charge in [-0.2, -0.15) is 0 Å². The van der Waals surface area contributed by atoms with Crippen molar-refractivity contribution in [2.75, 3.05) is 0 Å². The van der Waals surface area contributed by atoms with Gasteiger partial charge in [0, 0.05) is 5.33 Å². The first-order chi connectivity index (χ1) is 9.15. The van der Waals surface area contributed by atoms with Gasteiger partial charge in [0.1, 0.15) is 0 Å². The molecule has 0 aliphatic heterocycles. The van der Waals surface area contributed by atoms with Crippen LogP contribution in [0.4, 0.5) is 22.0 Å². The number of halogens is 6. The molecule has 1 aromatic rings. The number of hydrogen-bond donors (Lipinski definition) is 1. The molecule has 0 unspecified atom stereocenters. The van der Waals surface area contributed by atoms with Crippen molar-refractivity contribution < 1.29 is 36.6 Å². The van der Waals surface area contributed by atoms with E-state index in [4.69, 9.17) is 5.11 Å². The van der Waals surface area contributed by atoms with Gasteiger partial charge in [-0.1, -0.05) is 15.9 Å². The number of alkyl halides is 6. The Hall–Kier alpha value is -1.45. The number of carboxylic acids is 1. The van der Waals surface area contributed by atoms with E-state index in [9.17, 15) is 26.7 Å². The highest BCUT2D eigenvalue weighted by atomic mass is 79.9. The van der Waals surface area contributed by atoms with Crippen LogP contribution in [0.2, 0.25) is 0 Å². The molecule has 0 bridgehead atoms. The molecule has 10 heteroatoms. The third kappa shape index (κ3) is 4.29. The van der Waals surface area contributed by atoms with Crippen LogP contribution in [0.1, 0.15) is 23.2 Å². The van der Waals surface area contributed by atoms with Gasteiger partial charge >= 0.3 is 12.3 Å². The number of nitrogens with zero attached hydrogens (tertiary/aromatic N) is 1. The van der Waals surface area contributed by atoms with E-state index < -0.39 is 42.1 Å². The molecule has 1 N–H and O–H groups in total. The van der Waals surface area contributed by atoms with Gasteiger partial charge in [0.25, 0.3) is 6.43 Å². The van der Waals surface area contributed by atoms with Crippen LogP contribution in [0.15, 0.2) is 6.20 Å². The van der Waals surface area contributed by atoms with Crippen LogP contribution in [0.5, 0.6) is 5.75 Å². The fraction of sp³-hybridized carbons (Fsp3) is 0.400. The Morgan fingerprint density at radius 3 is 2.45 bits per heavy atom. The molecule has 0 aliphatic rings. The zero-order valence-corrected chi connectivity index (χ0v) is 11.1. The van der Waals surface area contributed by atoms with Crippen molar-refractivity contribution in [3.05, 3.63) is 23.0 Å². The van der Waals surface area contributed by atoms with Crippen LogP contribution < -0.4 is 4.74 Å². The molecule has 1 rings (SSSR count). The SMILES string of the molecule is O=C(O)Cc1c(CBr)ncc(OC(F)(F)F)c1C(F)F. The van der Waals surface area contributed by atoms with Crippen molar-refractivity contribution >= 4 is 21.9 Å². The third-order valence-electron chi connectivity index (χ3n) is 2.18. The van der Waals surface area contributed by atoms with Crippen molar-refractivity contribution in [1.82, 2.24) is 4.98 Å². The first-order valence-corrected chi connectivity index (χ1v) is 6.10. The van der Waals surface area contributed by atoms with Crippen LogP contribution in [0.3, 0.4) is 0 Å². The van der Waals surface area contributed by atoms with Crippen molar-refractivity contribution in [2.45, 2.75) is 24.5 Å². The smallest absolute Gasteiger partial charge is 0.481 e. The molecule has 0 atom stereocenters. The minimum Gasteiger partial charge on any atom is -0.481 e. The van der Waals surface area contributed by atoms with Crippen molar-refractivity contribution in [3.63, 3.8) is 0 Å². The van der Waals surface area contributed by atoms with E-state index in [1.165, 1.54) is 0 Å². The second-order valence-corrected chi connectivity index (χ2v) is 4.07. The van der Waals surface area contributed by atoms with Crippen molar-refractivity contribution in [1.29, 1.82) is 0 Å². The van der Waals surface area contributed by atoms with Crippen molar-refractivity contribution in [2.24, 2.45) is 0 Å². The molecule has 112 valence electrons. The Balaban J connectivity index is 3.43. The van der Waals surface area contributed by atoms with E-state index in [0.29, 0.717) is 6.20 Å². The number of aromatic nitrogens is 1. The molecule has 4 nitrogen and oxygen atoms in total. The first kappa shape index (κ1) is 16.6. The average molecular weight is 364 g/mol. The van der Waals surface area contributed by atoms with Gasteiger partial charge in [0.05, 0.1) is 23.9 Å². The van der Waals surface area contributed by atoms with Gasteiger partial charge in [-0.15, -0.1) is 13.2 Å². The molecule has 0 saturated carbocycles. The van der Waals surface area contributed by atoms with E-state index in [-0.39, 0.29) is 11.0 Å². The lowest BCUT2D eigenvalue weighted by Gasteiger charge is -2.17. The monoisotopic (exact) mass is 363 g/mol. The van der Waals surface area contributed by atoms with E-state index in [0.717, 1.165) is 0 Å². The average Bonchev–Trinajstić information content (AvgIpc) is 2.25. The Labute approximate surface area is 117 Å². The van der Waals surface area contributed by atoms with Gasteiger partial charge in [0.2, 0.25) is 0 Å². The zero-order chi connectivity index (χ0) is 15.5. The minimum absolute atomic E-state index is 0.0817. The summed E-state index contributed by atoms with van der Waals surface area (Å²) in [5.74, 6) is -2.67. The number of ether oxygens (including phenoxy) is 1. The second kappa shape index (κ2) is 6.33. The maximum absolute atomic E-state index is 12.9. The van der Waals surface area contributed by atoms with Gasteiger partial charge in [0.15, 0.2) is 5.75 Å². The molecule has 0 saturated heterocycles. The number of aliphatic carboxylic acids is 1. The summed E-state index contributed by atoms with van der Waals surface area (Å²) in [6.07, 6.45) is -8.90. The van der Waals surface area contributed by atoms with Crippen molar-refractivity contribution in [3.8, 4) is 5.75 Å². The summed E-state index contributed by atoms with van der Waals surface area (Å²) < 4.78 is 65.8. The summed E-state index contributed by atoms with van der Waals surface area (Å²) >= 11 is 2.90. The number of rotatable bonds is 5. The maximum atomic E-state index is 12.9. The lowest BCUT2D eigenvalue weighted by atomic mass is 10.0. The molecular weight excluding hydrogens is 357 g/mol. The summed E-state index contributed by atoms with van der Waals surface area (Å²) in [5.41, 5.74) is -1.70. The predicted octanol–water partition coefficient (Wildman–Crippen LogP) is 3.44. The lowest BCUT2D eigenvalue weighted by Crippen LogP contribution is -2.20. The third-order valence-corrected chi connectivity index (χ3v) is 2.71. The van der Waals surface area contributed by atoms with Crippen LogP contribution in [-0.4, -0.2) is 22.4 Å². The van der Waals surface area contributed by atoms with E-state index in [1.54, 1.807) is 0 Å². The number of carbonyl (C=O) groups is 1. The maximum Gasteiger partial charge on any atom is 0.573 e. The number of hydrogen-bond acceptors (Lipinski definition) is 3. The highest BCUT2D eigenvalue weighted by Crippen LogP contribution is 2.36. The summed E-state index contributed by atoms with van der Waals surface area (Å²) in [7, 11) is 0. The van der Waals surface area contributed by atoms with E-state index in [2.05, 4.69) is 25.7 Å². The quantitative estimate of drug-likeness (QED) is 0.643. The molecule has 0 aliphatic carbocycles. The molecule has 1 heterocycles. The van der Waals surface area contributed by atoms with Gasteiger partial charge in [-0.25, -0.2) is 8.78 Å². The molecule has 0 fully saturated rings.